The van der Waals surface area contributed by atoms with Crippen LogP contribution in [-0.2, 0) is 9.63 Å². The van der Waals surface area contributed by atoms with Crippen LogP contribution < -0.4 is 5.32 Å². The lowest BCUT2D eigenvalue weighted by atomic mass is 10.3. The van der Waals surface area contributed by atoms with Crippen LogP contribution in [0.5, 0.6) is 0 Å². The van der Waals surface area contributed by atoms with Crippen molar-refractivity contribution >= 4 is 5.91 Å². The van der Waals surface area contributed by atoms with Crippen molar-refractivity contribution in [3.8, 4) is 0 Å². The van der Waals surface area contributed by atoms with Crippen molar-refractivity contribution in [2.24, 2.45) is 0 Å². The van der Waals surface area contributed by atoms with Gasteiger partial charge in [-0.3, -0.25) is 9.63 Å². The number of carbonyl (C=O) groups is 1. The van der Waals surface area contributed by atoms with Crippen LogP contribution in [0.25, 0.3) is 0 Å². The molecule has 0 saturated carbocycles. The largest absolute Gasteiger partial charge is 0.309 e. The smallest absolute Gasteiger partial charge is 0.263 e. The molecular formula is C6H12N2O2. The number of hydroxylamine groups is 2. The van der Waals surface area contributed by atoms with Gasteiger partial charge in [0.05, 0.1) is 19.7 Å². The number of hydrogen-bond donors (Lipinski definition) is 1. The van der Waals surface area contributed by atoms with Gasteiger partial charge < -0.3 is 5.32 Å². The molecule has 4 nitrogen and oxygen atoms in total. The maximum atomic E-state index is 11.1. The zero-order chi connectivity index (χ0) is 7.56. The number of hydrogen-bond acceptors (Lipinski definition) is 3. The Labute approximate surface area is 60.1 Å². The van der Waals surface area contributed by atoms with Crippen LogP contribution in [0.1, 0.15) is 6.42 Å². The van der Waals surface area contributed by atoms with Gasteiger partial charge in [0.15, 0.2) is 0 Å². The average Bonchev–Trinajstić information content (AvgIpc) is 2.30. The summed E-state index contributed by atoms with van der Waals surface area (Å²) in [5.41, 5.74) is 0. The normalized spacial score (nSPS) is 26.0. The summed E-state index contributed by atoms with van der Waals surface area (Å²) in [6.07, 6.45) is 0.836. The molecule has 1 N–H and O–H groups in total. The third-order valence-electron chi connectivity index (χ3n) is 1.73. The zero-order valence-corrected chi connectivity index (χ0v) is 6.26. The Hall–Kier alpha value is -0.610. The van der Waals surface area contributed by atoms with E-state index < -0.39 is 0 Å². The molecule has 1 unspecified atom stereocenters. The fourth-order valence-corrected chi connectivity index (χ4v) is 1.10. The van der Waals surface area contributed by atoms with Crippen molar-refractivity contribution in [2.75, 3.05) is 20.7 Å². The molecule has 1 aliphatic heterocycles. The molecule has 4 heteroatoms. The van der Waals surface area contributed by atoms with E-state index >= 15 is 0 Å². The van der Waals surface area contributed by atoms with Crippen LogP contribution in [0.15, 0.2) is 0 Å². The molecule has 0 aromatic rings. The number of likely N-dealkylation sites (N-methyl/N-ethyl adjacent to an activating group) is 1. The van der Waals surface area contributed by atoms with Crippen LogP contribution in [0.2, 0.25) is 0 Å². The average molecular weight is 144 g/mol. The first kappa shape index (κ1) is 7.50. The fraction of sp³-hybridized carbons (Fsp3) is 0.833. The minimum absolute atomic E-state index is 0.0324. The van der Waals surface area contributed by atoms with Crippen molar-refractivity contribution in [2.45, 2.75) is 12.5 Å². The molecule has 1 aliphatic rings. The monoisotopic (exact) mass is 144 g/mol. The first-order valence-electron chi connectivity index (χ1n) is 3.32. The fourth-order valence-electron chi connectivity index (χ4n) is 1.10. The Morgan fingerprint density at radius 3 is 2.80 bits per heavy atom. The number of nitrogens with zero attached hydrogens (tertiary/aromatic N) is 1. The van der Waals surface area contributed by atoms with Crippen LogP contribution >= 0.6 is 0 Å². The lowest BCUT2D eigenvalue weighted by Crippen LogP contribution is -2.35. The van der Waals surface area contributed by atoms with Gasteiger partial charge in [-0.05, 0) is 13.5 Å². The van der Waals surface area contributed by atoms with Crippen LogP contribution in [0, 0.1) is 0 Å². The molecule has 1 heterocycles. The number of nitrogens with one attached hydrogen (secondary N) is 1. The first-order valence-corrected chi connectivity index (χ1v) is 3.32. The number of amides is 1. The summed E-state index contributed by atoms with van der Waals surface area (Å²) in [4.78, 5) is 15.9. The molecule has 1 rings (SSSR count). The zero-order valence-electron chi connectivity index (χ0n) is 6.26. The second-order valence-corrected chi connectivity index (χ2v) is 2.25. The van der Waals surface area contributed by atoms with E-state index in [2.05, 4.69) is 5.32 Å². The van der Waals surface area contributed by atoms with Gasteiger partial charge in [0, 0.05) is 0 Å². The molecule has 1 fully saturated rings. The van der Waals surface area contributed by atoms with E-state index in [1.54, 1.807) is 7.05 Å². The standard InChI is InChI=1S/C6H12N2O2/c1-7-5-3-4-8(10-2)6(5)9/h5,7H,3-4H2,1-2H3. The molecule has 0 bridgehead atoms. The highest BCUT2D eigenvalue weighted by atomic mass is 16.7. The summed E-state index contributed by atoms with van der Waals surface area (Å²) in [5.74, 6) is 0.0324. The van der Waals surface area contributed by atoms with E-state index in [-0.39, 0.29) is 11.9 Å². The SMILES string of the molecule is CNC1CCN(OC)C1=O. The summed E-state index contributed by atoms with van der Waals surface area (Å²) < 4.78 is 0. The molecule has 1 atom stereocenters. The third-order valence-corrected chi connectivity index (χ3v) is 1.73. The Balaban J connectivity index is 2.49. The highest BCUT2D eigenvalue weighted by molar-refractivity contribution is 5.82. The third kappa shape index (κ3) is 1.12. The minimum atomic E-state index is -0.0417. The predicted molar refractivity (Wildman–Crippen MR) is 36.2 cm³/mol. The quantitative estimate of drug-likeness (QED) is 0.561. The molecule has 0 aromatic heterocycles. The van der Waals surface area contributed by atoms with Crippen LogP contribution in [-0.4, -0.2) is 37.7 Å². The summed E-state index contributed by atoms with van der Waals surface area (Å²) in [6, 6.07) is -0.0417. The van der Waals surface area contributed by atoms with Gasteiger partial charge in [-0.15, -0.1) is 0 Å². The Kier molecular flexibility index (Phi) is 2.24. The van der Waals surface area contributed by atoms with E-state index in [1.165, 1.54) is 12.2 Å². The molecule has 1 saturated heterocycles. The van der Waals surface area contributed by atoms with E-state index in [0.717, 1.165) is 6.42 Å². The van der Waals surface area contributed by atoms with Crippen LogP contribution in [0.3, 0.4) is 0 Å². The predicted octanol–water partition coefficient (Wildman–Crippen LogP) is -0.632. The highest BCUT2D eigenvalue weighted by Gasteiger charge is 2.30. The van der Waals surface area contributed by atoms with Gasteiger partial charge in [0.2, 0.25) is 0 Å². The second-order valence-electron chi connectivity index (χ2n) is 2.25. The van der Waals surface area contributed by atoms with E-state index in [0.29, 0.717) is 6.54 Å². The van der Waals surface area contributed by atoms with Crippen molar-refractivity contribution in [1.82, 2.24) is 10.4 Å². The topological polar surface area (TPSA) is 41.6 Å². The lowest BCUT2D eigenvalue weighted by molar-refractivity contribution is -0.168. The van der Waals surface area contributed by atoms with Gasteiger partial charge >= 0.3 is 0 Å². The van der Waals surface area contributed by atoms with E-state index in [1.807, 2.05) is 0 Å². The minimum Gasteiger partial charge on any atom is -0.309 e. The molecule has 0 spiro atoms. The molecule has 10 heavy (non-hydrogen) atoms. The Morgan fingerprint density at radius 1 is 1.80 bits per heavy atom. The van der Waals surface area contributed by atoms with Crippen LogP contribution in [0.4, 0.5) is 0 Å². The lowest BCUT2D eigenvalue weighted by Gasteiger charge is -2.11. The Bertz CT molecular complexity index is 124. The van der Waals surface area contributed by atoms with Gasteiger partial charge in [0.1, 0.15) is 0 Å². The summed E-state index contributed by atoms with van der Waals surface area (Å²) in [6.45, 7) is 0.695. The van der Waals surface area contributed by atoms with Gasteiger partial charge in [-0.2, -0.15) is 0 Å². The van der Waals surface area contributed by atoms with Crippen molar-refractivity contribution in [3.63, 3.8) is 0 Å². The summed E-state index contributed by atoms with van der Waals surface area (Å²) >= 11 is 0. The van der Waals surface area contributed by atoms with Crippen molar-refractivity contribution in [3.05, 3.63) is 0 Å². The summed E-state index contributed by atoms with van der Waals surface area (Å²) in [5, 5.41) is 4.28. The molecule has 58 valence electrons. The van der Waals surface area contributed by atoms with E-state index in [9.17, 15) is 4.79 Å². The first-order chi connectivity index (χ1) is 4.79. The van der Waals surface area contributed by atoms with Crippen molar-refractivity contribution in [1.29, 1.82) is 0 Å². The molecule has 0 aromatic carbocycles. The summed E-state index contributed by atoms with van der Waals surface area (Å²) in [7, 11) is 3.29. The molecule has 0 radical (unpaired) electrons. The van der Waals surface area contributed by atoms with Gasteiger partial charge in [-0.25, -0.2) is 5.06 Å². The number of carbonyl (C=O) groups excluding carboxylic acids is 1. The molecular weight excluding hydrogens is 132 g/mol. The van der Waals surface area contributed by atoms with E-state index in [4.69, 9.17) is 4.84 Å². The second kappa shape index (κ2) is 2.98. The van der Waals surface area contributed by atoms with Gasteiger partial charge in [0.25, 0.3) is 5.91 Å². The maximum absolute atomic E-state index is 11.1. The molecule has 1 amide bonds. The van der Waals surface area contributed by atoms with Gasteiger partial charge in [-0.1, -0.05) is 0 Å². The highest BCUT2D eigenvalue weighted by Crippen LogP contribution is 2.09. The Morgan fingerprint density at radius 2 is 2.50 bits per heavy atom. The number of rotatable bonds is 2. The maximum Gasteiger partial charge on any atom is 0.263 e. The van der Waals surface area contributed by atoms with Crippen molar-refractivity contribution < 1.29 is 9.63 Å². The molecule has 0 aliphatic carbocycles.